The number of benzene rings is 2. The second-order valence-corrected chi connectivity index (χ2v) is 7.97. The van der Waals surface area contributed by atoms with Gasteiger partial charge in [0.15, 0.2) is 0 Å². The lowest BCUT2D eigenvalue weighted by Crippen LogP contribution is -2.33. The van der Waals surface area contributed by atoms with Gasteiger partial charge in [-0.3, -0.25) is 9.69 Å². The molecule has 1 atom stereocenters. The first-order chi connectivity index (χ1) is 15.3. The lowest BCUT2D eigenvalue weighted by atomic mass is 10.0. The van der Waals surface area contributed by atoms with Crippen molar-refractivity contribution in [1.82, 2.24) is 14.9 Å². The zero-order valence-corrected chi connectivity index (χ0v) is 18.3. The third-order valence-electron chi connectivity index (χ3n) is 5.43. The molecular weight excluding hydrogens is 411 g/mol. The first-order valence-electron chi connectivity index (χ1n) is 10.4. The summed E-state index contributed by atoms with van der Waals surface area (Å²) >= 11 is 0. The number of halogens is 1. The minimum atomic E-state index is -0.554. The highest BCUT2D eigenvalue weighted by Crippen LogP contribution is 2.29. The van der Waals surface area contributed by atoms with Crippen LogP contribution in [-0.4, -0.2) is 40.7 Å². The number of rotatable bonds is 6. The Morgan fingerprint density at radius 1 is 1.22 bits per heavy atom. The minimum absolute atomic E-state index is 0.198. The average Bonchev–Trinajstić information content (AvgIpc) is 3.28. The van der Waals surface area contributed by atoms with E-state index >= 15 is 0 Å². The number of aryl methyl sites for hydroxylation is 2. The number of ether oxygens (including phenoxy) is 1. The van der Waals surface area contributed by atoms with Crippen LogP contribution in [0.5, 0.6) is 0 Å². The van der Waals surface area contributed by atoms with E-state index in [9.17, 15) is 14.0 Å². The molecule has 0 bridgehead atoms. The summed E-state index contributed by atoms with van der Waals surface area (Å²) in [6.07, 6.45) is 0.984. The predicted octanol–water partition coefficient (Wildman–Crippen LogP) is 3.82. The Morgan fingerprint density at radius 2 is 1.97 bits per heavy atom. The van der Waals surface area contributed by atoms with Crippen LogP contribution in [0, 0.1) is 19.7 Å². The molecular formula is C24H25FN4O3. The second kappa shape index (κ2) is 8.82. The third-order valence-corrected chi connectivity index (χ3v) is 5.43. The summed E-state index contributed by atoms with van der Waals surface area (Å²) in [6, 6.07) is 12.4. The molecule has 0 saturated carbocycles. The van der Waals surface area contributed by atoms with Gasteiger partial charge in [0, 0.05) is 25.2 Å². The van der Waals surface area contributed by atoms with Gasteiger partial charge in [-0.1, -0.05) is 24.3 Å². The fraction of sp³-hybridized carbons (Fsp3) is 0.292. The van der Waals surface area contributed by atoms with Gasteiger partial charge in [0.1, 0.15) is 17.7 Å². The topological polar surface area (TPSA) is 76.5 Å². The Hall–Kier alpha value is -3.68. The monoisotopic (exact) mass is 436 g/mol. The molecule has 0 spiro atoms. The zero-order chi connectivity index (χ0) is 22.8. The van der Waals surface area contributed by atoms with Gasteiger partial charge in [0.2, 0.25) is 5.91 Å². The number of hydrogen-bond acceptors (Lipinski definition) is 4. The molecule has 0 radical (unpaired) electrons. The standard InChI is InChI=1S/C24H25FN4O3/c1-15-12-28(16(2)27-15)13-18-4-6-19(7-5-18)22-9-8-20(10-23(22)25)29-14-21(32-24(29)31)11-26-17(3)30/h4-10,12,21H,11,13-14H2,1-3H3,(H,26,30)/t21-/m0/s1. The van der Waals surface area contributed by atoms with Crippen LogP contribution < -0.4 is 10.2 Å². The van der Waals surface area contributed by atoms with Gasteiger partial charge >= 0.3 is 6.09 Å². The van der Waals surface area contributed by atoms with E-state index in [1.807, 2.05) is 44.3 Å². The van der Waals surface area contributed by atoms with Crippen LogP contribution in [0.2, 0.25) is 0 Å². The van der Waals surface area contributed by atoms with Crippen molar-refractivity contribution < 1.29 is 18.7 Å². The van der Waals surface area contributed by atoms with Crippen molar-refractivity contribution in [2.45, 2.75) is 33.4 Å². The molecule has 1 saturated heterocycles. The van der Waals surface area contributed by atoms with Crippen molar-refractivity contribution >= 4 is 17.7 Å². The highest BCUT2D eigenvalue weighted by Gasteiger charge is 2.32. The van der Waals surface area contributed by atoms with Gasteiger partial charge in [-0.2, -0.15) is 0 Å². The number of amides is 2. The van der Waals surface area contributed by atoms with E-state index in [1.54, 1.807) is 12.1 Å². The van der Waals surface area contributed by atoms with Gasteiger partial charge in [-0.05, 0) is 43.2 Å². The molecule has 166 valence electrons. The second-order valence-electron chi connectivity index (χ2n) is 7.97. The maximum Gasteiger partial charge on any atom is 0.414 e. The summed E-state index contributed by atoms with van der Waals surface area (Å²) in [7, 11) is 0. The molecule has 1 fully saturated rings. The molecule has 32 heavy (non-hydrogen) atoms. The van der Waals surface area contributed by atoms with Crippen LogP contribution >= 0.6 is 0 Å². The van der Waals surface area contributed by atoms with Gasteiger partial charge < -0.3 is 14.6 Å². The zero-order valence-electron chi connectivity index (χ0n) is 18.3. The molecule has 7 nitrogen and oxygen atoms in total. The smallest absolute Gasteiger partial charge is 0.414 e. The van der Waals surface area contributed by atoms with Crippen LogP contribution in [0.3, 0.4) is 0 Å². The van der Waals surface area contributed by atoms with E-state index in [0.717, 1.165) is 22.6 Å². The third kappa shape index (κ3) is 4.64. The number of carbonyl (C=O) groups is 2. The van der Waals surface area contributed by atoms with Gasteiger partial charge in [0.25, 0.3) is 0 Å². The molecule has 8 heteroatoms. The first kappa shape index (κ1) is 21.5. The number of carbonyl (C=O) groups excluding carboxylic acids is 2. The Balaban J connectivity index is 1.47. The lowest BCUT2D eigenvalue weighted by molar-refractivity contribution is -0.119. The number of nitrogens with zero attached hydrogens (tertiary/aromatic N) is 3. The fourth-order valence-electron chi connectivity index (χ4n) is 3.82. The molecule has 0 aliphatic carbocycles. The van der Waals surface area contributed by atoms with Crippen molar-refractivity contribution in [2.24, 2.45) is 0 Å². The molecule has 2 aromatic carbocycles. The van der Waals surface area contributed by atoms with Crippen LogP contribution in [0.1, 0.15) is 24.0 Å². The molecule has 4 rings (SSSR count). The number of cyclic esters (lactones) is 1. The molecule has 1 N–H and O–H groups in total. The Kier molecular flexibility index (Phi) is 5.94. The van der Waals surface area contributed by atoms with Crippen molar-refractivity contribution in [2.75, 3.05) is 18.0 Å². The predicted molar refractivity (Wildman–Crippen MR) is 119 cm³/mol. The minimum Gasteiger partial charge on any atom is -0.442 e. The van der Waals surface area contributed by atoms with E-state index in [1.165, 1.54) is 17.9 Å². The summed E-state index contributed by atoms with van der Waals surface area (Å²) in [5.41, 5.74) is 3.70. The number of imidazole rings is 1. The van der Waals surface area contributed by atoms with E-state index in [2.05, 4.69) is 14.9 Å². The molecule has 2 heterocycles. The van der Waals surface area contributed by atoms with Crippen LogP contribution in [0.15, 0.2) is 48.7 Å². The van der Waals surface area contributed by atoms with Crippen LogP contribution in [0.4, 0.5) is 14.9 Å². The van der Waals surface area contributed by atoms with E-state index < -0.39 is 18.0 Å². The van der Waals surface area contributed by atoms with E-state index in [-0.39, 0.29) is 19.0 Å². The van der Waals surface area contributed by atoms with Gasteiger partial charge in [-0.25, -0.2) is 14.2 Å². The number of anilines is 1. The normalized spacial score (nSPS) is 15.7. The highest BCUT2D eigenvalue weighted by atomic mass is 19.1. The van der Waals surface area contributed by atoms with E-state index in [0.29, 0.717) is 17.8 Å². The van der Waals surface area contributed by atoms with Gasteiger partial charge in [-0.15, -0.1) is 0 Å². The van der Waals surface area contributed by atoms with Crippen molar-refractivity contribution in [3.63, 3.8) is 0 Å². The van der Waals surface area contributed by atoms with Crippen molar-refractivity contribution in [3.8, 4) is 11.1 Å². The number of aromatic nitrogens is 2. The molecule has 2 amide bonds. The van der Waals surface area contributed by atoms with E-state index in [4.69, 9.17) is 4.74 Å². The largest absolute Gasteiger partial charge is 0.442 e. The molecule has 1 aromatic heterocycles. The van der Waals surface area contributed by atoms with Crippen molar-refractivity contribution in [1.29, 1.82) is 0 Å². The molecule has 0 unspecified atom stereocenters. The summed E-state index contributed by atoms with van der Waals surface area (Å²) in [4.78, 5) is 29.0. The SMILES string of the molecule is CC(=O)NC[C@H]1CN(c2ccc(-c3ccc(Cn4cc(C)nc4C)cc3)c(F)c2)C(=O)O1. The van der Waals surface area contributed by atoms with Crippen LogP contribution in [0.25, 0.3) is 11.1 Å². The first-order valence-corrected chi connectivity index (χ1v) is 10.4. The Morgan fingerprint density at radius 3 is 2.59 bits per heavy atom. The molecule has 1 aliphatic heterocycles. The Bertz CT molecular complexity index is 1160. The summed E-state index contributed by atoms with van der Waals surface area (Å²) in [5.74, 6) is 0.332. The average molecular weight is 436 g/mol. The Labute approximate surface area is 185 Å². The van der Waals surface area contributed by atoms with Crippen LogP contribution in [-0.2, 0) is 16.1 Å². The van der Waals surface area contributed by atoms with Crippen molar-refractivity contribution in [3.05, 3.63) is 71.6 Å². The lowest BCUT2D eigenvalue weighted by Gasteiger charge is -2.15. The van der Waals surface area contributed by atoms with Gasteiger partial charge in [0.05, 0.1) is 24.5 Å². The summed E-state index contributed by atoms with van der Waals surface area (Å²) < 4.78 is 22.2. The fourth-order valence-corrected chi connectivity index (χ4v) is 3.82. The quantitative estimate of drug-likeness (QED) is 0.638. The molecule has 3 aromatic rings. The summed E-state index contributed by atoms with van der Waals surface area (Å²) in [6.45, 7) is 6.50. The maximum absolute atomic E-state index is 14.9. The summed E-state index contributed by atoms with van der Waals surface area (Å²) in [5, 5.41) is 2.62. The molecule has 1 aliphatic rings. The highest BCUT2D eigenvalue weighted by molar-refractivity contribution is 5.90. The number of hydrogen-bond donors (Lipinski definition) is 1. The maximum atomic E-state index is 14.9. The number of nitrogens with one attached hydrogen (secondary N) is 1.